The molecule has 98 valence electrons. The fourth-order valence-corrected chi connectivity index (χ4v) is 2.32. The topological polar surface area (TPSA) is 69.6 Å². The number of amides is 1. The molecule has 1 aliphatic heterocycles. The zero-order valence-corrected chi connectivity index (χ0v) is 10.8. The van der Waals surface area contributed by atoms with E-state index in [0.29, 0.717) is 6.54 Å². The van der Waals surface area contributed by atoms with Crippen LogP contribution in [0.4, 0.5) is 0 Å². The lowest BCUT2D eigenvalue weighted by atomic mass is 9.77. The molecule has 0 radical (unpaired) electrons. The van der Waals surface area contributed by atoms with Crippen LogP contribution >= 0.6 is 0 Å². The van der Waals surface area contributed by atoms with E-state index in [2.05, 4.69) is 19.2 Å². The lowest BCUT2D eigenvalue weighted by Gasteiger charge is -2.40. The van der Waals surface area contributed by atoms with Crippen LogP contribution in [0.5, 0.6) is 0 Å². The quantitative estimate of drug-likeness (QED) is 0.761. The number of likely N-dealkylation sites (N-methyl/N-ethyl adjacent to an activating group) is 1. The van der Waals surface area contributed by atoms with Crippen molar-refractivity contribution in [3.8, 4) is 0 Å². The first-order chi connectivity index (χ1) is 7.88. The van der Waals surface area contributed by atoms with Crippen LogP contribution in [-0.2, 0) is 9.59 Å². The molecule has 5 heteroatoms. The summed E-state index contributed by atoms with van der Waals surface area (Å²) < 4.78 is 0. The molecule has 1 rings (SSSR count). The van der Waals surface area contributed by atoms with Crippen molar-refractivity contribution in [1.29, 1.82) is 0 Å². The molecule has 5 nitrogen and oxygen atoms in total. The first-order valence-corrected chi connectivity index (χ1v) is 6.12. The van der Waals surface area contributed by atoms with Crippen LogP contribution in [0.15, 0.2) is 0 Å². The van der Waals surface area contributed by atoms with Gasteiger partial charge in [0.15, 0.2) is 0 Å². The van der Waals surface area contributed by atoms with Crippen LogP contribution in [0.3, 0.4) is 0 Å². The normalized spacial score (nSPS) is 23.1. The molecule has 0 saturated carbocycles. The molecule has 1 aliphatic rings. The van der Waals surface area contributed by atoms with Crippen LogP contribution in [0.2, 0.25) is 0 Å². The number of piperidine rings is 1. The standard InChI is InChI=1S/C12H22N2O3/c1-4-14(8-9(15)16)11(17)10-12(2,3)6-5-7-13-10/h10,13H,4-8H2,1-3H3,(H,15,16). The minimum Gasteiger partial charge on any atom is -0.480 e. The summed E-state index contributed by atoms with van der Waals surface area (Å²) in [6, 6.07) is -0.268. The number of carboxylic acids is 1. The Morgan fingerprint density at radius 1 is 1.47 bits per heavy atom. The predicted octanol–water partition coefficient (Wildman–Crippen LogP) is 0.698. The lowest BCUT2D eigenvalue weighted by molar-refractivity contribution is -0.147. The zero-order valence-electron chi connectivity index (χ0n) is 10.8. The van der Waals surface area contributed by atoms with Gasteiger partial charge in [0.1, 0.15) is 6.54 Å². The number of hydrogen-bond donors (Lipinski definition) is 2. The molecule has 1 fully saturated rings. The molecule has 1 heterocycles. The fourth-order valence-electron chi connectivity index (χ4n) is 2.32. The third kappa shape index (κ3) is 3.43. The highest BCUT2D eigenvalue weighted by Crippen LogP contribution is 2.31. The van der Waals surface area contributed by atoms with Crippen molar-refractivity contribution in [1.82, 2.24) is 10.2 Å². The summed E-state index contributed by atoms with van der Waals surface area (Å²) in [4.78, 5) is 24.4. The van der Waals surface area contributed by atoms with Gasteiger partial charge in [0.2, 0.25) is 5.91 Å². The Labute approximate surface area is 102 Å². The van der Waals surface area contributed by atoms with Crippen molar-refractivity contribution in [3.63, 3.8) is 0 Å². The molecular formula is C12H22N2O3. The summed E-state index contributed by atoms with van der Waals surface area (Å²) in [7, 11) is 0. The van der Waals surface area contributed by atoms with E-state index in [-0.39, 0.29) is 23.9 Å². The number of carbonyl (C=O) groups excluding carboxylic acids is 1. The second-order valence-corrected chi connectivity index (χ2v) is 5.23. The first-order valence-electron chi connectivity index (χ1n) is 6.12. The third-order valence-corrected chi connectivity index (χ3v) is 3.39. The molecular weight excluding hydrogens is 220 g/mol. The molecule has 1 saturated heterocycles. The minimum atomic E-state index is -0.964. The Bertz CT molecular complexity index is 302. The second kappa shape index (κ2) is 5.49. The van der Waals surface area contributed by atoms with E-state index in [1.165, 1.54) is 4.90 Å². The Balaban J connectivity index is 2.75. The SMILES string of the molecule is CCN(CC(=O)O)C(=O)C1NCCCC1(C)C. The summed E-state index contributed by atoms with van der Waals surface area (Å²) in [5.41, 5.74) is -0.110. The number of carbonyl (C=O) groups is 2. The van der Waals surface area contributed by atoms with Gasteiger partial charge in [0, 0.05) is 6.54 Å². The maximum atomic E-state index is 12.3. The number of aliphatic carboxylic acids is 1. The molecule has 0 spiro atoms. The van der Waals surface area contributed by atoms with Crippen molar-refractivity contribution in [2.24, 2.45) is 5.41 Å². The monoisotopic (exact) mass is 242 g/mol. The highest BCUT2D eigenvalue weighted by molar-refractivity contribution is 5.86. The number of hydrogen-bond acceptors (Lipinski definition) is 3. The van der Waals surface area contributed by atoms with Gasteiger partial charge in [-0.1, -0.05) is 13.8 Å². The summed E-state index contributed by atoms with van der Waals surface area (Å²) >= 11 is 0. The molecule has 1 amide bonds. The largest absolute Gasteiger partial charge is 0.480 e. The molecule has 17 heavy (non-hydrogen) atoms. The van der Waals surface area contributed by atoms with Crippen molar-refractivity contribution in [2.45, 2.75) is 39.7 Å². The van der Waals surface area contributed by atoms with Crippen LogP contribution < -0.4 is 5.32 Å². The first kappa shape index (κ1) is 14.0. The van der Waals surface area contributed by atoms with Crippen molar-refractivity contribution < 1.29 is 14.7 Å². The van der Waals surface area contributed by atoms with Gasteiger partial charge in [-0.2, -0.15) is 0 Å². The van der Waals surface area contributed by atoms with E-state index < -0.39 is 5.97 Å². The molecule has 1 unspecified atom stereocenters. The molecule has 1 atom stereocenters. The van der Waals surface area contributed by atoms with E-state index in [1.807, 2.05) is 0 Å². The van der Waals surface area contributed by atoms with Crippen LogP contribution in [0.25, 0.3) is 0 Å². The predicted molar refractivity (Wildman–Crippen MR) is 64.7 cm³/mol. The Kier molecular flexibility index (Phi) is 4.51. The summed E-state index contributed by atoms with van der Waals surface area (Å²) in [6.45, 7) is 6.94. The number of carboxylic acid groups (broad SMARTS) is 1. The average molecular weight is 242 g/mol. The highest BCUT2D eigenvalue weighted by atomic mass is 16.4. The minimum absolute atomic E-state index is 0.0976. The van der Waals surface area contributed by atoms with Crippen LogP contribution in [0.1, 0.15) is 33.6 Å². The van der Waals surface area contributed by atoms with Gasteiger partial charge in [0.05, 0.1) is 6.04 Å². The lowest BCUT2D eigenvalue weighted by Crippen LogP contribution is -2.57. The zero-order chi connectivity index (χ0) is 13.1. The summed E-state index contributed by atoms with van der Waals surface area (Å²) in [6.07, 6.45) is 2.04. The Hall–Kier alpha value is -1.10. The van der Waals surface area contributed by atoms with Gasteiger partial charge in [-0.3, -0.25) is 9.59 Å². The van der Waals surface area contributed by atoms with E-state index in [9.17, 15) is 9.59 Å². The van der Waals surface area contributed by atoms with Gasteiger partial charge >= 0.3 is 5.97 Å². The van der Waals surface area contributed by atoms with Gasteiger partial charge in [-0.15, -0.1) is 0 Å². The van der Waals surface area contributed by atoms with Crippen LogP contribution in [0, 0.1) is 5.41 Å². The van der Waals surface area contributed by atoms with Crippen molar-refractivity contribution >= 4 is 11.9 Å². The van der Waals surface area contributed by atoms with Gasteiger partial charge in [-0.05, 0) is 31.7 Å². The van der Waals surface area contributed by atoms with Gasteiger partial charge < -0.3 is 15.3 Å². The van der Waals surface area contributed by atoms with E-state index in [4.69, 9.17) is 5.11 Å². The molecule has 0 aromatic carbocycles. The van der Waals surface area contributed by atoms with E-state index in [1.54, 1.807) is 6.92 Å². The fraction of sp³-hybridized carbons (Fsp3) is 0.833. The number of nitrogens with zero attached hydrogens (tertiary/aromatic N) is 1. The van der Waals surface area contributed by atoms with Crippen molar-refractivity contribution in [2.75, 3.05) is 19.6 Å². The van der Waals surface area contributed by atoms with Crippen molar-refractivity contribution in [3.05, 3.63) is 0 Å². The number of rotatable bonds is 4. The maximum Gasteiger partial charge on any atom is 0.323 e. The van der Waals surface area contributed by atoms with E-state index >= 15 is 0 Å². The molecule has 0 aliphatic carbocycles. The summed E-state index contributed by atoms with van der Waals surface area (Å²) in [5.74, 6) is -1.06. The smallest absolute Gasteiger partial charge is 0.323 e. The molecule has 0 aromatic heterocycles. The molecule has 2 N–H and O–H groups in total. The maximum absolute atomic E-state index is 12.3. The Morgan fingerprint density at radius 3 is 2.59 bits per heavy atom. The van der Waals surface area contributed by atoms with Gasteiger partial charge in [0.25, 0.3) is 0 Å². The van der Waals surface area contributed by atoms with Gasteiger partial charge in [-0.25, -0.2) is 0 Å². The highest BCUT2D eigenvalue weighted by Gasteiger charge is 2.39. The number of nitrogens with one attached hydrogen (secondary N) is 1. The molecule has 0 bridgehead atoms. The van der Waals surface area contributed by atoms with E-state index in [0.717, 1.165) is 19.4 Å². The second-order valence-electron chi connectivity index (χ2n) is 5.23. The third-order valence-electron chi connectivity index (χ3n) is 3.39. The average Bonchev–Trinajstić information content (AvgIpc) is 2.24. The van der Waals surface area contributed by atoms with Crippen LogP contribution in [-0.4, -0.2) is 47.6 Å². The molecule has 0 aromatic rings. The summed E-state index contributed by atoms with van der Waals surface area (Å²) in [5, 5.41) is 12.0. The Morgan fingerprint density at radius 2 is 2.12 bits per heavy atom.